The van der Waals surface area contributed by atoms with Crippen LogP contribution in [0.1, 0.15) is 6.42 Å². The summed E-state index contributed by atoms with van der Waals surface area (Å²) in [7, 11) is -2.07. The van der Waals surface area contributed by atoms with Gasteiger partial charge in [0.15, 0.2) is 0 Å². The molecule has 1 nitrogen and oxygen atoms in total. The summed E-state index contributed by atoms with van der Waals surface area (Å²) in [6.07, 6.45) is 6.27. The summed E-state index contributed by atoms with van der Waals surface area (Å²) in [4.78, 5) is 0. The largest absolute Gasteiger partial charge is 0.318 e. The molecule has 1 saturated carbocycles. The molecule has 2 heteroatoms. The molecular formula is C12H13OP. The Kier molecular flexibility index (Phi) is 1.72. The second kappa shape index (κ2) is 2.84. The molecule has 3 unspecified atom stereocenters. The monoisotopic (exact) mass is 204 g/mol. The van der Waals surface area contributed by atoms with E-state index in [1.165, 1.54) is 0 Å². The number of benzene rings is 1. The predicted molar refractivity (Wildman–Crippen MR) is 59.6 cm³/mol. The standard InChI is InChI=1S/C12H13OP/c13-14(11-6-2-1-3-7-11)8-4-5-10-9-12(10)14/h1-7,10,12H,8-9H2. The van der Waals surface area contributed by atoms with E-state index in [9.17, 15) is 4.57 Å². The molecule has 1 heterocycles. The van der Waals surface area contributed by atoms with Gasteiger partial charge in [0, 0.05) is 17.1 Å². The van der Waals surface area contributed by atoms with E-state index in [0.29, 0.717) is 11.6 Å². The minimum atomic E-state index is -2.07. The zero-order chi connectivity index (χ0) is 9.60. The highest BCUT2D eigenvalue weighted by molar-refractivity contribution is 7.72. The van der Waals surface area contributed by atoms with E-state index in [4.69, 9.17) is 0 Å². The summed E-state index contributed by atoms with van der Waals surface area (Å²) in [6, 6.07) is 10.0. The van der Waals surface area contributed by atoms with Crippen molar-refractivity contribution in [1.29, 1.82) is 0 Å². The van der Waals surface area contributed by atoms with Gasteiger partial charge in [-0.3, -0.25) is 0 Å². The molecule has 14 heavy (non-hydrogen) atoms. The first-order valence-electron chi connectivity index (χ1n) is 5.12. The third-order valence-electron chi connectivity index (χ3n) is 3.29. The van der Waals surface area contributed by atoms with Crippen LogP contribution in [0.25, 0.3) is 0 Å². The topological polar surface area (TPSA) is 17.1 Å². The average molecular weight is 204 g/mol. The Hall–Kier alpha value is -0.810. The Morgan fingerprint density at radius 2 is 2.00 bits per heavy atom. The molecule has 0 aromatic heterocycles. The van der Waals surface area contributed by atoms with Gasteiger partial charge < -0.3 is 4.57 Å². The van der Waals surface area contributed by atoms with Crippen LogP contribution >= 0.6 is 7.14 Å². The van der Waals surface area contributed by atoms with Crippen LogP contribution in [-0.2, 0) is 4.57 Å². The second-order valence-electron chi connectivity index (χ2n) is 4.21. The van der Waals surface area contributed by atoms with E-state index in [1.54, 1.807) is 0 Å². The van der Waals surface area contributed by atoms with Crippen LogP contribution in [0.3, 0.4) is 0 Å². The van der Waals surface area contributed by atoms with Crippen LogP contribution in [0.2, 0.25) is 0 Å². The van der Waals surface area contributed by atoms with Crippen molar-refractivity contribution < 1.29 is 4.57 Å². The van der Waals surface area contributed by atoms with Crippen LogP contribution in [0.4, 0.5) is 0 Å². The molecule has 0 saturated heterocycles. The van der Waals surface area contributed by atoms with Crippen molar-refractivity contribution in [2.75, 3.05) is 6.16 Å². The van der Waals surface area contributed by atoms with Gasteiger partial charge in [0.1, 0.15) is 7.14 Å². The van der Waals surface area contributed by atoms with Gasteiger partial charge in [-0.1, -0.05) is 42.5 Å². The summed E-state index contributed by atoms with van der Waals surface area (Å²) >= 11 is 0. The highest BCUT2D eigenvalue weighted by Gasteiger charge is 2.50. The van der Waals surface area contributed by atoms with Gasteiger partial charge in [0.05, 0.1) is 0 Å². The summed E-state index contributed by atoms with van der Waals surface area (Å²) in [5.41, 5.74) is 0.468. The van der Waals surface area contributed by atoms with Crippen molar-refractivity contribution in [2.45, 2.75) is 12.1 Å². The fourth-order valence-electron chi connectivity index (χ4n) is 2.39. The predicted octanol–water partition coefficient (Wildman–Crippen LogP) is 2.63. The van der Waals surface area contributed by atoms with Crippen LogP contribution in [0, 0.1) is 5.92 Å². The Labute approximate surface area is 84.2 Å². The van der Waals surface area contributed by atoms with E-state index in [1.807, 2.05) is 30.3 Å². The number of rotatable bonds is 1. The molecule has 0 N–H and O–H groups in total. The number of fused-ring (bicyclic) bond motifs is 1. The molecule has 2 aliphatic rings. The van der Waals surface area contributed by atoms with E-state index in [2.05, 4.69) is 12.2 Å². The minimum Gasteiger partial charge on any atom is -0.318 e. The van der Waals surface area contributed by atoms with Gasteiger partial charge in [0.2, 0.25) is 0 Å². The molecule has 1 fully saturated rings. The Bertz CT molecular complexity index is 421. The van der Waals surface area contributed by atoms with E-state index < -0.39 is 7.14 Å². The molecule has 0 radical (unpaired) electrons. The molecule has 0 bridgehead atoms. The Morgan fingerprint density at radius 1 is 1.21 bits per heavy atom. The third-order valence-corrected chi connectivity index (χ3v) is 6.88. The SMILES string of the molecule is O=P1(c2ccccc2)CC=CC2CC21. The van der Waals surface area contributed by atoms with Gasteiger partial charge in [-0.05, 0) is 12.3 Å². The highest BCUT2D eigenvalue weighted by atomic mass is 31.2. The zero-order valence-electron chi connectivity index (χ0n) is 7.97. The van der Waals surface area contributed by atoms with Crippen LogP contribution in [0.5, 0.6) is 0 Å². The van der Waals surface area contributed by atoms with Crippen LogP contribution in [-0.4, -0.2) is 11.8 Å². The second-order valence-corrected chi connectivity index (χ2v) is 7.34. The van der Waals surface area contributed by atoms with Gasteiger partial charge in [-0.15, -0.1) is 0 Å². The molecule has 1 aromatic rings. The third kappa shape index (κ3) is 1.12. The van der Waals surface area contributed by atoms with E-state index >= 15 is 0 Å². The Balaban J connectivity index is 2.06. The molecule has 1 aliphatic carbocycles. The van der Waals surface area contributed by atoms with Crippen LogP contribution in [0.15, 0.2) is 42.5 Å². The first kappa shape index (κ1) is 8.49. The lowest BCUT2D eigenvalue weighted by molar-refractivity contribution is 0.580. The first-order valence-corrected chi connectivity index (χ1v) is 7.08. The average Bonchev–Trinajstić information content (AvgIpc) is 3.00. The van der Waals surface area contributed by atoms with Crippen molar-refractivity contribution in [2.24, 2.45) is 5.92 Å². The minimum absolute atomic E-state index is 0.468. The summed E-state index contributed by atoms with van der Waals surface area (Å²) in [6.45, 7) is 0. The maximum atomic E-state index is 12.8. The summed E-state index contributed by atoms with van der Waals surface area (Å²) in [5, 5.41) is 1.08. The summed E-state index contributed by atoms with van der Waals surface area (Å²) in [5.74, 6) is 0.620. The fraction of sp³-hybridized carbons (Fsp3) is 0.333. The maximum absolute atomic E-state index is 12.8. The van der Waals surface area contributed by atoms with Crippen molar-refractivity contribution >= 4 is 12.4 Å². The van der Waals surface area contributed by atoms with Gasteiger partial charge in [-0.25, -0.2) is 0 Å². The maximum Gasteiger partial charge on any atom is 0.122 e. The molecule has 1 aromatic carbocycles. The lowest BCUT2D eigenvalue weighted by Crippen LogP contribution is -2.13. The molecule has 0 amide bonds. The van der Waals surface area contributed by atoms with Gasteiger partial charge >= 0.3 is 0 Å². The van der Waals surface area contributed by atoms with Crippen molar-refractivity contribution in [3.05, 3.63) is 42.5 Å². The molecule has 3 atom stereocenters. The molecule has 3 rings (SSSR count). The van der Waals surface area contributed by atoms with Crippen LogP contribution < -0.4 is 5.30 Å². The van der Waals surface area contributed by atoms with Crippen molar-refractivity contribution in [3.63, 3.8) is 0 Å². The number of hydrogen-bond acceptors (Lipinski definition) is 1. The lowest BCUT2D eigenvalue weighted by Gasteiger charge is -2.19. The molecule has 0 spiro atoms. The van der Waals surface area contributed by atoms with Crippen molar-refractivity contribution in [1.82, 2.24) is 0 Å². The zero-order valence-corrected chi connectivity index (χ0v) is 8.86. The normalized spacial score (nSPS) is 39.1. The molecule has 1 aliphatic heterocycles. The lowest BCUT2D eigenvalue weighted by atomic mass is 10.4. The highest BCUT2D eigenvalue weighted by Crippen LogP contribution is 2.65. The van der Waals surface area contributed by atoms with E-state index in [0.717, 1.165) is 17.9 Å². The smallest absolute Gasteiger partial charge is 0.122 e. The van der Waals surface area contributed by atoms with E-state index in [-0.39, 0.29) is 0 Å². The molecular weight excluding hydrogens is 191 g/mol. The Morgan fingerprint density at radius 3 is 2.79 bits per heavy atom. The number of hydrogen-bond donors (Lipinski definition) is 0. The van der Waals surface area contributed by atoms with Gasteiger partial charge in [0.25, 0.3) is 0 Å². The summed E-state index contributed by atoms with van der Waals surface area (Å²) < 4.78 is 12.8. The quantitative estimate of drug-likeness (QED) is 0.507. The van der Waals surface area contributed by atoms with Gasteiger partial charge in [-0.2, -0.15) is 0 Å². The number of allylic oxidation sites excluding steroid dienone is 2. The fourth-order valence-corrected chi connectivity index (χ4v) is 5.67. The van der Waals surface area contributed by atoms with Crippen molar-refractivity contribution in [3.8, 4) is 0 Å². The first-order chi connectivity index (χ1) is 6.81. The molecule has 72 valence electrons.